The monoisotopic (exact) mass is 571 g/mol. The standard InChI is InChI=1S/C25H31Cl2N3O6S/c1-5-16(3)28-25(32)21(6-2)29(13-18-19(26)8-7-9-20(18)27)24(31)14-30(37(4,33)34)17-10-11-22-23(12-17)36-15-35-22/h7-12,16,21H,5-6,13-15H2,1-4H3,(H,28,32)/t16-,21+/m1/s1. The van der Waals surface area contributed by atoms with E-state index in [1.807, 2.05) is 13.8 Å². The molecule has 0 spiro atoms. The van der Waals surface area contributed by atoms with Gasteiger partial charge in [0.1, 0.15) is 12.6 Å². The number of rotatable bonds is 11. The lowest BCUT2D eigenvalue weighted by Crippen LogP contribution is -2.53. The molecule has 1 heterocycles. The summed E-state index contributed by atoms with van der Waals surface area (Å²) < 4.78 is 37.2. The quantitative estimate of drug-likeness (QED) is 0.433. The van der Waals surface area contributed by atoms with Crippen molar-refractivity contribution in [2.24, 2.45) is 0 Å². The van der Waals surface area contributed by atoms with Gasteiger partial charge in [-0.1, -0.05) is 43.1 Å². The minimum atomic E-state index is -3.89. The molecule has 1 aliphatic heterocycles. The number of carbonyl (C=O) groups is 2. The predicted molar refractivity (Wildman–Crippen MR) is 144 cm³/mol. The van der Waals surface area contributed by atoms with E-state index < -0.39 is 28.5 Å². The lowest BCUT2D eigenvalue weighted by molar-refractivity contribution is -0.140. The van der Waals surface area contributed by atoms with Crippen molar-refractivity contribution in [3.8, 4) is 11.5 Å². The lowest BCUT2D eigenvalue weighted by Gasteiger charge is -2.33. The van der Waals surface area contributed by atoms with E-state index in [2.05, 4.69) is 5.32 Å². The van der Waals surface area contributed by atoms with Gasteiger partial charge in [0.2, 0.25) is 28.6 Å². The third-order valence-electron chi connectivity index (χ3n) is 6.10. The van der Waals surface area contributed by atoms with Crippen molar-refractivity contribution in [3.05, 3.63) is 52.0 Å². The Bertz CT molecular complexity index is 1240. The summed E-state index contributed by atoms with van der Waals surface area (Å²) in [7, 11) is -3.89. The van der Waals surface area contributed by atoms with Gasteiger partial charge in [-0.25, -0.2) is 8.42 Å². The van der Waals surface area contributed by atoms with Crippen LogP contribution in [0.4, 0.5) is 5.69 Å². The number of hydrogen-bond donors (Lipinski definition) is 1. The third kappa shape index (κ3) is 7.00. The van der Waals surface area contributed by atoms with E-state index in [1.54, 1.807) is 31.2 Å². The summed E-state index contributed by atoms with van der Waals surface area (Å²) in [5.41, 5.74) is 0.691. The van der Waals surface area contributed by atoms with Gasteiger partial charge in [0.25, 0.3) is 0 Å². The summed E-state index contributed by atoms with van der Waals surface area (Å²) in [6.45, 7) is 4.98. The summed E-state index contributed by atoms with van der Waals surface area (Å²) in [6.07, 6.45) is 2.00. The number of fused-ring (bicyclic) bond motifs is 1. The number of sulfonamides is 1. The minimum absolute atomic E-state index is 0.0203. The average Bonchev–Trinajstić information content (AvgIpc) is 3.31. The number of anilines is 1. The van der Waals surface area contributed by atoms with Crippen LogP contribution in [0.1, 0.15) is 39.2 Å². The van der Waals surface area contributed by atoms with Gasteiger partial charge >= 0.3 is 0 Å². The maximum atomic E-state index is 13.8. The normalized spacial score (nSPS) is 14.1. The zero-order chi connectivity index (χ0) is 27.3. The van der Waals surface area contributed by atoms with Crippen molar-refractivity contribution in [3.63, 3.8) is 0 Å². The fraction of sp³-hybridized carbons (Fsp3) is 0.440. The van der Waals surface area contributed by atoms with E-state index >= 15 is 0 Å². The molecular formula is C25H31Cl2N3O6S. The van der Waals surface area contributed by atoms with E-state index in [-0.39, 0.29) is 31.0 Å². The average molecular weight is 573 g/mol. The highest BCUT2D eigenvalue weighted by molar-refractivity contribution is 7.92. The fourth-order valence-corrected chi connectivity index (χ4v) is 5.23. The van der Waals surface area contributed by atoms with Gasteiger partial charge in [0.15, 0.2) is 11.5 Å². The van der Waals surface area contributed by atoms with Gasteiger partial charge in [-0.15, -0.1) is 0 Å². The van der Waals surface area contributed by atoms with Crippen LogP contribution in [-0.4, -0.2) is 56.8 Å². The van der Waals surface area contributed by atoms with Gasteiger partial charge in [0.05, 0.1) is 11.9 Å². The largest absolute Gasteiger partial charge is 0.454 e. The van der Waals surface area contributed by atoms with Crippen LogP contribution in [0.15, 0.2) is 36.4 Å². The van der Waals surface area contributed by atoms with Crippen molar-refractivity contribution in [2.75, 3.05) is 23.9 Å². The molecule has 0 aliphatic carbocycles. The summed E-state index contributed by atoms with van der Waals surface area (Å²) >= 11 is 12.8. The van der Waals surface area contributed by atoms with Crippen LogP contribution in [0.2, 0.25) is 10.0 Å². The minimum Gasteiger partial charge on any atom is -0.454 e. The maximum Gasteiger partial charge on any atom is 0.244 e. The number of amides is 2. The Labute approximate surface area is 227 Å². The van der Waals surface area contributed by atoms with Gasteiger partial charge in [-0.2, -0.15) is 0 Å². The van der Waals surface area contributed by atoms with Crippen LogP contribution in [0, 0.1) is 0 Å². The van der Waals surface area contributed by atoms with Crippen LogP contribution < -0.4 is 19.1 Å². The lowest BCUT2D eigenvalue weighted by atomic mass is 10.1. The van der Waals surface area contributed by atoms with Crippen molar-refractivity contribution in [1.29, 1.82) is 0 Å². The van der Waals surface area contributed by atoms with Crippen LogP contribution in [0.3, 0.4) is 0 Å². The van der Waals surface area contributed by atoms with Crippen molar-refractivity contribution in [1.82, 2.24) is 10.2 Å². The number of nitrogens with zero attached hydrogens (tertiary/aromatic N) is 2. The van der Waals surface area contributed by atoms with Crippen molar-refractivity contribution >= 4 is 50.7 Å². The van der Waals surface area contributed by atoms with Crippen molar-refractivity contribution in [2.45, 2.75) is 52.2 Å². The maximum absolute atomic E-state index is 13.8. The van der Waals surface area contributed by atoms with Crippen molar-refractivity contribution < 1.29 is 27.5 Å². The summed E-state index contributed by atoms with van der Waals surface area (Å²) in [6, 6.07) is 8.58. The number of hydrogen-bond acceptors (Lipinski definition) is 6. The van der Waals surface area contributed by atoms with Crippen LogP contribution in [0.25, 0.3) is 0 Å². The van der Waals surface area contributed by atoms with Crippen LogP contribution in [0.5, 0.6) is 11.5 Å². The second-order valence-electron chi connectivity index (χ2n) is 8.77. The van der Waals surface area contributed by atoms with Gasteiger partial charge in [-0.05, 0) is 44.0 Å². The highest BCUT2D eigenvalue weighted by Crippen LogP contribution is 2.36. The Morgan fingerprint density at radius 3 is 2.30 bits per heavy atom. The zero-order valence-electron chi connectivity index (χ0n) is 21.2. The van der Waals surface area contributed by atoms with Crippen LogP contribution in [-0.2, 0) is 26.2 Å². The van der Waals surface area contributed by atoms with E-state index in [0.717, 1.165) is 10.6 Å². The molecule has 2 aromatic rings. The Morgan fingerprint density at radius 1 is 1.05 bits per heavy atom. The molecule has 1 aliphatic rings. The molecule has 3 rings (SSSR count). The first-order valence-electron chi connectivity index (χ1n) is 11.9. The Balaban J connectivity index is 1.99. The topological polar surface area (TPSA) is 105 Å². The first kappa shape index (κ1) is 28.9. The fourth-order valence-electron chi connectivity index (χ4n) is 3.87. The summed E-state index contributed by atoms with van der Waals surface area (Å²) in [5, 5.41) is 3.58. The number of ether oxygens (including phenoxy) is 2. The molecule has 12 heteroatoms. The third-order valence-corrected chi connectivity index (χ3v) is 7.95. The molecule has 37 heavy (non-hydrogen) atoms. The number of halogens is 2. The molecule has 0 unspecified atom stereocenters. The molecule has 2 aromatic carbocycles. The highest BCUT2D eigenvalue weighted by atomic mass is 35.5. The predicted octanol–water partition coefficient (Wildman–Crippen LogP) is 4.21. The zero-order valence-corrected chi connectivity index (χ0v) is 23.5. The Hall–Kier alpha value is -2.69. The molecule has 9 nitrogen and oxygen atoms in total. The molecule has 2 amide bonds. The molecule has 0 saturated carbocycles. The van der Waals surface area contributed by atoms with Gasteiger partial charge in [-0.3, -0.25) is 13.9 Å². The van der Waals surface area contributed by atoms with E-state index in [4.69, 9.17) is 32.7 Å². The van der Waals surface area contributed by atoms with E-state index in [0.29, 0.717) is 39.9 Å². The second-order valence-corrected chi connectivity index (χ2v) is 11.5. The van der Waals surface area contributed by atoms with E-state index in [1.165, 1.54) is 17.0 Å². The molecule has 0 saturated heterocycles. The Kier molecular flexibility index (Phi) is 9.55. The van der Waals surface area contributed by atoms with Gasteiger partial charge < -0.3 is 19.7 Å². The molecular weight excluding hydrogens is 541 g/mol. The molecule has 0 bridgehead atoms. The second kappa shape index (κ2) is 12.2. The molecule has 0 aromatic heterocycles. The SMILES string of the molecule is CC[C@@H](C)NC(=O)[C@H](CC)N(Cc1c(Cl)cccc1Cl)C(=O)CN(c1ccc2c(c1)OCO2)S(C)(=O)=O. The number of benzene rings is 2. The molecule has 2 atom stereocenters. The van der Waals surface area contributed by atoms with Gasteiger partial charge in [0, 0.05) is 34.3 Å². The molecule has 202 valence electrons. The molecule has 0 fully saturated rings. The number of carbonyl (C=O) groups excluding carboxylic acids is 2. The first-order valence-corrected chi connectivity index (χ1v) is 14.5. The molecule has 1 N–H and O–H groups in total. The van der Waals surface area contributed by atoms with Crippen LogP contribution >= 0.6 is 23.2 Å². The van der Waals surface area contributed by atoms with E-state index in [9.17, 15) is 18.0 Å². The molecule has 0 radical (unpaired) electrons. The Morgan fingerprint density at radius 2 is 1.70 bits per heavy atom. The number of nitrogens with one attached hydrogen (secondary N) is 1. The summed E-state index contributed by atoms with van der Waals surface area (Å²) in [4.78, 5) is 28.3. The highest BCUT2D eigenvalue weighted by Gasteiger charge is 2.33. The summed E-state index contributed by atoms with van der Waals surface area (Å²) in [5.74, 6) is -0.0865. The smallest absolute Gasteiger partial charge is 0.244 e. The first-order chi connectivity index (χ1) is 17.5.